The quantitative estimate of drug-likeness (QED) is 0.844. The van der Waals surface area contributed by atoms with Crippen LogP contribution in [0.3, 0.4) is 0 Å². The SMILES string of the molecule is CC1CCC2(CC1)NC(=O)N(CN1CCCC1Cc1ccccc1)C2=O. The van der Waals surface area contributed by atoms with Gasteiger partial charge in [-0.25, -0.2) is 9.69 Å². The maximum absolute atomic E-state index is 13.1. The van der Waals surface area contributed by atoms with E-state index in [1.54, 1.807) is 0 Å². The molecule has 140 valence electrons. The number of carbonyl (C=O) groups excluding carboxylic acids is 2. The second-order valence-corrected chi connectivity index (χ2v) is 8.37. The predicted molar refractivity (Wildman–Crippen MR) is 100 cm³/mol. The number of amides is 3. The van der Waals surface area contributed by atoms with E-state index < -0.39 is 5.54 Å². The van der Waals surface area contributed by atoms with E-state index in [-0.39, 0.29) is 11.9 Å². The molecule has 5 nitrogen and oxygen atoms in total. The minimum Gasteiger partial charge on any atom is -0.323 e. The average molecular weight is 355 g/mol. The molecule has 2 saturated heterocycles. The van der Waals surface area contributed by atoms with Crippen molar-refractivity contribution >= 4 is 11.9 Å². The highest BCUT2D eigenvalue weighted by Gasteiger charge is 2.52. The largest absolute Gasteiger partial charge is 0.326 e. The summed E-state index contributed by atoms with van der Waals surface area (Å²) in [4.78, 5) is 29.4. The molecule has 1 saturated carbocycles. The molecule has 3 fully saturated rings. The monoisotopic (exact) mass is 355 g/mol. The van der Waals surface area contributed by atoms with Crippen molar-refractivity contribution in [2.24, 2.45) is 5.92 Å². The zero-order valence-corrected chi connectivity index (χ0v) is 15.6. The van der Waals surface area contributed by atoms with Crippen molar-refractivity contribution in [3.05, 3.63) is 35.9 Å². The van der Waals surface area contributed by atoms with E-state index in [4.69, 9.17) is 0 Å². The fourth-order valence-electron chi connectivity index (χ4n) is 4.78. The number of urea groups is 1. The molecular formula is C21H29N3O2. The number of likely N-dealkylation sites (tertiary alicyclic amines) is 1. The molecule has 1 N–H and O–H groups in total. The zero-order chi connectivity index (χ0) is 18.1. The molecule has 5 heteroatoms. The lowest BCUT2D eigenvalue weighted by atomic mass is 9.77. The van der Waals surface area contributed by atoms with Crippen molar-refractivity contribution in [2.45, 2.75) is 63.5 Å². The van der Waals surface area contributed by atoms with Crippen LogP contribution < -0.4 is 5.32 Å². The summed E-state index contributed by atoms with van der Waals surface area (Å²) in [5.74, 6) is 0.646. The normalized spacial score (nSPS) is 32.4. The van der Waals surface area contributed by atoms with Crippen LogP contribution in [-0.4, -0.2) is 46.5 Å². The van der Waals surface area contributed by atoms with Gasteiger partial charge in [0, 0.05) is 12.6 Å². The summed E-state index contributed by atoms with van der Waals surface area (Å²) in [6, 6.07) is 10.7. The highest BCUT2D eigenvalue weighted by molar-refractivity contribution is 6.07. The summed E-state index contributed by atoms with van der Waals surface area (Å²) in [7, 11) is 0. The fourth-order valence-corrected chi connectivity index (χ4v) is 4.78. The third-order valence-corrected chi connectivity index (χ3v) is 6.51. The van der Waals surface area contributed by atoms with Gasteiger partial charge in [-0.3, -0.25) is 9.69 Å². The van der Waals surface area contributed by atoms with E-state index in [0.29, 0.717) is 18.6 Å². The highest BCUT2D eigenvalue weighted by atomic mass is 16.2. The van der Waals surface area contributed by atoms with Crippen molar-refractivity contribution in [3.8, 4) is 0 Å². The summed E-state index contributed by atoms with van der Waals surface area (Å²) in [6.07, 6.45) is 6.82. The van der Waals surface area contributed by atoms with Gasteiger partial charge >= 0.3 is 6.03 Å². The Morgan fingerprint density at radius 1 is 1.12 bits per heavy atom. The first kappa shape index (κ1) is 17.5. The highest BCUT2D eigenvalue weighted by Crippen LogP contribution is 2.36. The molecule has 2 aliphatic heterocycles. The number of hydrogen-bond donors (Lipinski definition) is 1. The van der Waals surface area contributed by atoms with Crippen molar-refractivity contribution in [3.63, 3.8) is 0 Å². The van der Waals surface area contributed by atoms with Crippen LogP contribution in [0, 0.1) is 5.92 Å². The first-order valence-corrected chi connectivity index (χ1v) is 9.99. The van der Waals surface area contributed by atoms with E-state index in [1.807, 2.05) is 6.07 Å². The van der Waals surface area contributed by atoms with Crippen molar-refractivity contribution in [2.75, 3.05) is 13.2 Å². The fraction of sp³-hybridized carbons (Fsp3) is 0.619. The molecular weight excluding hydrogens is 326 g/mol. The van der Waals surface area contributed by atoms with Gasteiger partial charge in [-0.15, -0.1) is 0 Å². The maximum Gasteiger partial charge on any atom is 0.326 e. The van der Waals surface area contributed by atoms with Crippen LogP contribution in [-0.2, 0) is 11.2 Å². The standard InChI is InChI=1S/C21H29N3O2/c1-16-9-11-21(12-10-16)19(25)24(20(26)22-21)15-23-13-5-8-18(23)14-17-6-3-2-4-7-17/h2-4,6-7,16,18H,5,8-15H2,1H3,(H,22,26). The van der Waals surface area contributed by atoms with Crippen molar-refractivity contribution < 1.29 is 9.59 Å². The second-order valence-electron chi connectivity index (χ2n) is 8.37. The van der Waals surface area contributed by atoms with Crippen LogP contribution in [0.2, 0.25) is 0 Å². The molecule has 0 aromatic heterocycles. The van der Waals surface area contributed by atoms with E-state index in [1.165, 1.54) is 10.5 Å². The minimum absolute atomic E-state index is 0.000221. The summed E-state index contributed by atoms with van der Waals surface area (Å²) in [5.41, 5.74) is 0.692. The molecule has 2 heterocycles. The van der Waals surface area contributed by atoms with Crippen LogP contribution in [0.1, 0.15) is 51.0 Å². The Hall–Kier alpha value is -1.88. The average Bonchev–Trinajstić information content (AvgIpc) is 3.17. The molecule has 1 atom stereocenters. The third kappa shape index (κ3) is 3.25. The van der Waals surface area contributed by atoms with E-state index >= 15 is 0 Å². The number of hydrogen-bond acceptors (Lipinski definition) is 3. The smallest absolute Gasteiger partial charge is 0.323 e. The van der Waals surface area contributed by atoms with E-state index in [0.717, 1.165) is 51.5 Å². The Balaban J connectivity index is 1.43. The first-order valence-electron chi connectivity index (χ1n) is 9.99. The van der Waals surface area contributed by atoms with Crippen LogP contribution in [0.15, 0.2) is 30.3 Å². The number of carbonyl (C=O) groups is 2. The Labute approximate surface area is 155 Å². The van der Waals surface area contributed by atoms with Gasteiger partial charge in [0.1, 0.15) is 5.54 Å². The first-order chi connectivity index (χ1) is 12.6. The molecule has 1 aromatic rings. The van der Waals surface area contributed by atoms with Gasteiger partial charge in [0.25, 0.3) is 5.91 Å². The van der Waals surface area contributed by atoms with Crippen molar-refractivity contribution in [1.29, 1.82) is 0 Å². The van der Waals surface area contributed by atoms with Gasteiger partial charge in [0.2, 0.25) is 0 Å². The molecule has 4 rings (SSSR count). The number of benzene rings is 1. The Kier molecular flexibility index (Phi) is 4.74. The second kappa shape index (κ2) is 7.03. The summed E-state index contributed by atoms with van der Waals surface area (Å²) in [5, 5.41) is 3.04. The summed E-state index contributed by atoms with van der Waals surface area (Å²) < 4.78 is 0. The summed E-state index contributed by atoms with van der Waals surface area (Å²) >= 11 is 0. The number of nitrogens with one attached hydrogen (secondary N) is 1. The third-order valence-electron chi connectivity index (χ3n) is 6.51. The molecule has 1 aliphatic carbocycles. The van der Waals surface area contributed by atoms with Gasteiger partial charge in [0.05, 0.1) is 6.67 Å². The minimum atomic E-state index is -0.627. The van der Waals surface area contributed by atoms with E-state index in [9.17, 15) is 9.59 Å². The lowest BCUT2D eigenvalue weighted by molar-refractivity contribution is -0.134. The Morgan fingerprint density at radius 2 is 1.85 bits per heavy atom. The van der Waals surface area contributed by atoms with Gasteiger partial charge in [-0.05, 0) is 56.4 Å². The van der Waals surface area contributed by atoms with Gasteiger partial charge in [-0.1, -0.05) is 37.3 Å². The molecule has 3 aliphatic rings. The maximum atomic E-state index is 13.1. The lowest BCUT2D eigenvalue weighted by Crippen LogP contribution is -2.50. The lowest BCUT2D eigenvalue weighted by Gasteiger charge is -2.34. The van der Waals surface area contributed by atoms with Gasteiger partial charge in [0.15, 0.2) is 0 Å². The van der Waals surface area contributed by atoms with Crippen LogP contribution in [0.4, 0.5) is 4.79 Å². The van der Waals surface area contributed by atoms with Crippen LogP contribution in [0.25, 0.3) is 0 Å². The number of imide groups is 1. The van der Waals surface area contributed by atoms with Crippen LogP contribution >= 0.6 is 0 Å². The zero-order valence-electron chi connectivity index (χ0n) is 15.6. The Bertz CT molecular complexity index is 667. The molecule has 1 unspecified atom stereocenters. The van der Waals surface area contributed by atoms with Crippen LogP contribution in [0.5, 0.6) is 0 Å². The Morgan fingerprint density at radius 3 is 2.58 bits per heavy atom. The molecule has 0 bridgehead atoms. The van der Waals surface area contributed by atoms with Gasteiger partial charge in [-0.2, -0.15) is 0 Å². The molecule has 26 heavy (non-hydrogen) atoms. The number of nitrogens with zero attached hydrogens (tertiary/aromatic N) is 2. The van der Waals surface area contributed by atoms with Crippen molar-refractivity contribution in [1.82, 2.24) is 15.1 Å². The van der Waals surface area contributed by atoms with Gasteiger partial charge < -0.3 is 5.32 Å². The molecule has 1 aromatic carbocycles. The predicted octanol–water partition coefficient (Wildman–Crippen LogP) is 3.15. The molecule has 1 spiro atoms. The van der Waals surface area contributed by atoms with E-state index in [2.05, 4.69) is 41.4 Å². The number of rotatable bonds is 4. The topological polar surface area (TPSA) is 52.7 Å². The molecule has 0 radical (unpaired) electrons. The molecule has 3 amide bonds. The summed E-state index contributed by atoms with van der Waals surface area (Å²) in [6.45, 7) is 3.61.